The van der Waals surface area contributed by atoms with Crippen molar-refractivity contribution < 1.29 is 18.0 Å². The average molecular weight is 342 g/mol. The third-order valence-electron chi connectivity index (χ3n) is 4.01. The lowest BCUT2D eigenvalue weighted by atomic mass is 9.94. The van der Waals surface area contributed by atoms with Gasteiger partial charge < -0.3 is 10.6 Å². The van der Waals surface area contributed by atoms with Gasteiger partial charge in [-0.2, -0.15) is 22.7 Å². The fourth-order valence-corrected chi connectivity index (χ4v) is 3.04. The Morgan fingerprint density at radius 2 is 2.17 bits per heavy atom. The van der Waals surface area contributed by atoms with Gasteiger partial charge in [0, 0.05) is 31.3 Å². The molecular formula is C14H17F3N6O. The van der Waals surface area contributed by atoms with E-state index in [2.05, 4.69) is 15.1 Å². The lowest BCUT2D eigenvalue weighted by Crippen LogP contribution is -2.38. The zero-order valence-corrected chi connectivity index (χ0v) is 13.0. The number of fused-ring (bicyclic) bond motifs is 1. The fraction of sp³-hybridized carbons (Fsp3) is 0.571. The monoisotopic (exact) mass is 342 g/mol. The number of alkyl halides is 3. The van der Waals surface area contributed by atoms with E-state index in [1.165, 1.54) is 0 Å². The predicted molar refractivity (Wildman–Crippen MR) is 79.3 cm³/mol. The van der Waals surface area contributed by atoms with Crippen LogP contribution in [0.1, 0.15) is 30.8 Å². The molecule has 1 amide bonds. The molecule has 3 rings (SSSR count). The fourth-order valence-electron chi connectivity index (χ4n) is 3.04. The van der Waals surface area contributed by atoms with E-state index < -0.39 is 12.0 Å². The van der Waals surface area contributed by atoms with Gasteiger partial charge in [-0.25, -0.2) is 4.98 Å². The highest BCUT2D eigenvalue weighted by Gasteiger charge is 2.37. The summed E-state index contributed by atoms with van der Waals surface area (Å²) in [5.41, 5.74) is 5.80. The van der Waals surface area contributed by atoms with E-state index >= 15 is 0 Å². The van der Waals surface area contributed by atoms with Gasteiger partial charge in [-0.15, -0.1) is 5.10 Å². The molecule has 10 heteroatoms. The zero-order chi connectivity index (χ0) is 17.5. The van der Waals surface area contributed by atoms with Crippen molar-refractivity contribution in [2.24, 2.45) is 11.7 Å². The summed E-state index contributed by atoms with van der Waals surface area (Å²) in [4.78, 5) is 20.5. The first-order valence-corrected chi connectivity index (χ1v) is 7.59. The molecule has 3 heterocycles. The maximum absolute atomic E-state index is 12.9. The number of halogens is 3. The molecule has 0 aliphatic carbocycles. The Balaban J connectivity index is 1.98. The van der Waals surface area contributed by atoms with Crippen LogP contribution < -0.4 is 10.6 Å². The lowest BCUT2D eigenvalue weighted by molar-refractivity contribution is -0.144. The van der Waals surface area contributed by atoms with E-state index in [0.29, 0.717) is 24.6 Å². The smallest absolute Gasteiger partial charge is 0.370 e. The van der Waals surface area contributed by atoms with E-state index in [-0.39, 0.29) is 24.0 Å². The predicted octanol–water partition coefficient (Wildman–Crippen LogP) is 1.54. The van der Waals surface area contributed by atoms with Crippen LogP contribution in [0.2, 0.25) is 0 Å². The summed E-state index contributed by atoms with van der Waals surface area (Å²) in [6.07, 6.45) is -2.69. The SMILES string of the molecule is Cc1cc(N2CCCC(CC(N)=O)C2)n2nc(C(F)(F)F)nc2n1. The molecule has 1 aliphatic rings. The number of nitrogens with zero attached hydrogens (tertiary/aromatic N) is 5. The summed E-state index contributed by atoms with van der Waals surface area (Å²) in [7, 11) is 0. The third-order valence-corrected chi connectivity index (χ3v) is 4.01. The van der Waals surface area contributed by atoms with Crippen LogP contribution in [0.15, 0.2) is 6.07 Å². The van der Waals surface area contributed by atoms with E-state index in [9.17, 15) is 18.0 Å². The number of amides is 1. The second-order valence-electron chi connectivity index (χ2n) is 6.03. The van der Waals surface area contributed by atoms with Crippen molar-refractivity contribution in [3.05, 3.63) is 17.6 Å². The molecule has 1 fully saturated rings. The molecule has 0 saturated carbocycles. The van der Waals surface area contributed by atoms with E-state index in [4.69, 9.17) is 5.73 Å². The molecule has 24 heavy (non-hydrogen) atoms. The van der Waals surface area contributed by atoms with Gasteiger partial charge >= 0.3 is 6.18 Å². The maximum atomic E-state index is 12.9. The molecule has 0 aromatic carbocycles. The number of piperidine rings is 1. The van der Waals surface area contributed by atoms with Gasteiger partial charge in [0.05, 0.1) is 0 Å². The minimum Gasteiger partial charge on any atom is -0.370 e. The van der Waals surface area contributed by atoms with Crippen LogP contribution in [0.3, 0.4) is 0 Å². The molecule has 1 atom stereocenters. The van der Waals surface area contributed by atoms with Gasteiger partial charge in [-0.05, 0) is 25.7 Å². The van der Waals surface area contributed by atoms with Gasteiger partial charge in [0.2, 0.25) is 5.91 Å². The second kappa shape index (κ2) is 5.91. The lowest BCUT2D eigenvalue weighted by Gasteiger charge is -2.33. The highest BCUT2D eigenvalue weighted by molar-refractivity contribution is 5.74. The number of hydrogen-bond donors (Lipinski definition) is 1. The second-order valence-corrected chi connectivity index (χ2v) is 6.03. The first-order chi connectivity index (χ1) is 11.2. The molecule has 2 N–H and O–H groups in total. The van der Waals surface area contributed by atoms with Crippen molar-refractivity contribution in [3.63, 3.8) is 0 Å². The summed E-state index contributed by atoms with van der Waals surface area (Å²) < 4.78 is 39.7. The number of nitrogens with two attached hydrogens (primary N) is 1. The van der Waals surface area contributed by atoms with Crippen LogP contribution in [0.25, 0.3) is 5.78 Å². The first-order valence-electron chi connectivity index (χ1n) is 7.59. The van der Waals surface area contributed by atoms with Gasteiger partial charge in [0.15, 0.2) is 0 Å². The molecule has 1 saturated heterocycles. The number of primary amides is 1. The molecule has 0 spiro atoms. The van der Waals surface area contributed by atoms with Gasteiger partial charge in [0.1, 0.15) is 5.82 Å². The van der Waals surface area contributed by atoms with Crippen molar-refractivity contribution in [2.45, 2.75) is 32.4 Å². The number of anilines is 1. The normalized spacial score (nSPS) is 19.0. The maximum Gasteiger partial charge on any atom is 0.453 e. The quantitative estimate of drug-likeness (QED) is 0.914. The Hall–Kier alpha value is -2.39. The average Bonchev–Trinajstić information content (AvgIpc) is 2.89. The molecular weight excluding hydrogens is 325 g/mol. The Bertz CT molecular complexity index is 772. The van der Waals surface area contributed by atoms with Crippen molar-refractivity contribution in [1.82, 2.24) is 19.6 Å². The van der Waals surface area contributed by atoms with Crippen LogP contribution in [-0.2, 0) is 11.0 Å². The summed E-state index contributed by atoms with van der Waals surface area (Å²) >= 11 is 0. The Morgan fingerprint density at radius 1 is 1.42 bits per heavy atom. The van der Waals surface area contributed by atoms with Gasteiger partial charge in [-0.3, -0.25) is 4.79 Å². The molecule has 1 unspecified atom stereocenters. The number of carbonyl (C=O) groups is 1. The number of aryl methyl sites for hydroxylation is 1. The first kappa shape index (κ1) is 16.5. The number of hydrogen-bond acceptors (Lipinski definition) is 5. The number of carbonyl (C=O) groups excluding carboxylic acids is 1. The van der Waals surface area contributed by atoms with Crippen LogP contribution in [0, 0.1) is 12.8 Å². The van der Waals surface area contributed by atoms with E-state index in [1.807, 2.05) is 4.90 Å². The highest BCUT2D eigenvalue weighted by Crippen LogP contribution is 2.29. The largest absolute Gasteiger partial charge is 0.453 e. The summed E-state index contributed by atoms with van der Waals surface area (Å²) in [5, 5.41) is 3.57. The van der Waals surface area contributed by atoms with Crippen molar-refractivity contribution >= 4 is 17.5 Å². The molecule has 7 nitrogen and oxygen atoms in total. The van der Waals surface area contributed by atoms with Gasteiger partial charge in [0.25, 0.3) is 11.6 Å². The summed E-state index contributed by atoms with van der Waals surface area (Å²) in [5.74, 6) is -1.11. The molecule has 1 aliphatic heterocycles. The molecule has 0 radical (unpaired) electrons. The molecule has 2 aromatic heterocycles. The van der Waals surface area contributed by atoms with E-state index in [0.717, 1.165) is 17.4 Å². The highest BCUT2D eigenvalue weighted by atomic mass is 19.4. The minimum atomic E-state index is -4.63. The standard InChI is InChI=1S/C14H17F3N6O/c1-8-5-11(22-4-2-3-9(7-22)6-10(18)24)23-13(19-8)20-12(21-23)14(15,16)17/h5,9H,2-4,6-7H2,1H3,(H2,18,24). The third kappa shape index (κ3) is 3.26. The molecule has 2 aromatic rings. The van der Waals surface area contributed by atoms with Crippen molar-refractivity contribution in [1.29, 1.82) is 0 Å². The van der Waals surface area contributed by atoms with Crippen LogP contribution in [0.5, 0.6) is 0 Å². The van der Waals surface area contributed by atoms with E-state index in [1.54, 1.807) is 13.0 Å². The zero-order valence-electron chi connectivity index (χ0n) is 13.0. The Labute approximate surface area is 135 Å². The van der Waals surface area contributed by atoms with Crippen LogP contribution >= 0.6 is 0 Å². The van der Waals surface area contributed by atoms with Crippen LogP contribution in [0.4, 0.5) is 19.0 Å². The molecule has 0 bridgehead atoms. The van der Waals surface area contributed by atoms with Crippen molar-refractivity contribution in [3.8, 4) is 0 Å². The summed E-state index contributed by atoms with van der Waals surface area (Å²) in [6, 6.07) is 1.68. The van der Waals surface area contributed by atoms with Gasteiger partial charge in [-0.1, -0.05) is 0 Å². The number of aromatic nitrogens is 4. The van der Waals surface area contributed by atoms with Crippen molar-refractivity contribution in [2.75, 3.05) is 18.0 Å². The van der Waals surface area contributed by atoms with Crippen LogP contribution in [-0.4, -0.2) is 38.6 Å². The Morgan fingerprint density at radius 3 is 2.83 bits per heavy atom. The topological polar surface area (TPSA) is 89.4 Å². The molecule has 130 valence electrons. The Kier molecular flexibility index (Phi) is 4.06. The minimum absolute atomic E-state index is 0.0744. The summed E-state index contributed by atoms with van der Waals surface area (Å²) in [6.45, 7) is 2.88. The number of rotatable bonds is 3.